The Hall–Kier alpha value is -3.29. The maximum atomic E-state index is 12.4. The van der Waals surface area contributed by atoms with Crippen LogP contribution in [0.25, 0.3) is 11.0 Å². The molecule has 1 N–H and O–H groups in total. The third kappa shape index (κ3) is 5.12. The van der Waals surface area contributed by atoms with Gasteiger partial charge in [0.25, 0.3) is 5.91 Å². The van der Waals surface area contributed by atoms with Gasteiger partial charge in [-0.3, -0.25) is 4.79 Å². The lowest BCUT2D eigenvalue weighted by Gasteiger charge is -2.10. The van der Waals surface area contributed by atoms with Crippen molar-refractivity contribution in [1.29, 1.82) is 0 Å². The minimum absolute atomic E-state index is 0.176. The summed E-state index contributed by atoms with van der Waals surface area (Å²) in [4.78, 5) is 17.1. The van der Waals surface area contributed by atoms with Crippen molar-refractivity contribution < 1.29 is 9.53 Å². The lowest BCUT2D eigenvalue weighted by Crippen LogP contribution is -2.20. The molecule has 6 nitrogen and oxygen atoms in total. The first-order valence-electron chi connectivity index (χ1n) is 9.92. The Labute approximate surface area is 195 Å². The highest BCUT2D eigenvalue weighted by Crippen LogP contribution is 2.27. The minimum Gasteiger partial charge on any atom is -0.496 e. The van der Waals surface area contributed by atoms with Crippen LogP contribution in [0.4, 0.5) is 0 Å². The van der Waals surface area contributed by atoms with Crippen LogP contribution in [0.2, 0.25) is 5.02 Å². The number of thioether (sulfide) groups is 1. The van der Waals surface area contributed by atoms with Crippen molar-refractivity contribution in [3.05, 3.63) is 88.9 Å². The van der Waals surface area contributed by atoms with Crippen molar-refractivity contribution in [3.63, 3.8) is 0 Å². The summed E-state index contributed by atoms with van der Waals surface area (Å²) in [6, 6.07) is 23.1. The van der Waals surface area contributed by atoms with Gasteiger partial charge in [-0.2, -0.15) is 5.10 Å². The largest absolute Gasteiger partial charge is 0.496 e. The fourth-order valence-electron chi connectivity index (χ4n) is 3.22. The summed E-state index contributed by atoms with van der Waals surface area (Å²) in [6.45, 7) is 0.566. The molecule has 0 aliphatic carbocycles. The number of aromatic nitrogens is 2. The number of hydrogen-bond acceptors (Lipinski definition) is 5. The average molecular weight is 465 g/mol. The Kier molecular flexibility index (Phi) is 7.09. The van der Waals surface area contributed by atoms with E-state index in [1.807, 2.05) is 72.8 Å². The van der Waals surface area contributed by atoms with E-state index in [1.165, 1.54) is 11.8 Å². The van der Waals surface area contributed by atoms with Crippen LogP contribution in [-0.2, 0) is 11.3 Å². The van der Waals surface area contributed by atoms with Crippen molar-refractivity contribution >= 4 is 46.5 Å². The quantitative estimate of drug-likeness (QED) is 0.226. The third-order valence-corrected chi connectivity index (χ3v) is 6.12. The number of benzene rings is 3. The zero-order valence-electron chi connectivity index (χ0n) is 17.4. The molecule has 0 aliphatic rings. The summed E-state index contributed by atoms with van der Waals surface area (Å²) in [6.07, 6.45) is 1.56. The van der Waals surface area contributed by atoms with E-state index < -0.39 is 0 Å². The fourth-order valence-corrected chi connectivity index (χ4v) is 4.22. The maximum Gasteiger partial charge on any atom is 0.250 e. The number of nitrogens with one attached hydrogen (secondary N) is 1. The van der Waals surface area contributed by atoms with E-state index in [-0.39, 0.29) is 11.7 Å². The molecule has 162 valence electrons. The number of rotatable bonds is 8. The first kappa shape index (κ1) is 21.9. The van der Waals surface area contributed by atoms with Crippen LogP contribution in [0.1, 0.15) is 11.1 Å². The molecule has 3 aromatic carbocycles. The Morgan fingerprint density at radius 2 is 1.88 bits per heavy atom. The molecule has 32 heavy (non-hydrogen) atoms. The molecule has 8 heteroatoms. The number of halogens is 1. The van der Waals surface area contributed by atoms with E-state index in [9.17, 15) is 4.79 Å². The molecule has 0 bridgehead atoms. The Morgan fingerprint density at radius 3 is 2.72 bits per heavy atom. The number of hydrogen-bond donors (Lipinski definition) is 1. The van der Waals surface area contributed by atoms with Gasteiger partial charge in [-0.25, -0.2) is 10.4 Å². The molecule has 0 fully saturated rings. The van der Waals surface area contributed by atoms with Crippen molar-refractivity contribution in [2.24, 2.45) is 5.10 Å². The summed E-state index contributed by atoms with van der Waals surface area (Å²) < 4.78 is 7.35. The first-order valence-corrected chi connectivity index (χ1v) is 11.3. The van der Waals surface area contributed by atoms with E-state index in [0.717, 1.165) is 27.3 Å². The summed E-state index contributed by atoms with van der Waals surface area (Å²) in [5, 5.41) is 5.49. The lowest BCUT2D eigenvalue weighted by atomic mass is 10.2. The summed E-state index contributed by atoms with van der Waals surface area (Å²) in [7, 11) is 1.59. The van der Waals surface area contributed by atoms with Crippen LogP contribution in [-0.4, -0.2) is 34.5 Å². The van der Waals surface area contributed by atoms with Gasteiger partial charge in [0.2, 0.25) is 0 Å². The fraction of sp³-hybridized carbons (Fsp3) is 0.125. The molecule has 0 unspecified atom stereocenters. The average Bonchev–Trinajstić information content (AvgIpc) is 3.17. The van der Waals surface area contributed by atoms with Crippen molar-refractivity contribution in [1.82, 2.24) is 15.0 Å². The van der Waals surface area contributed by atoms with Crippen LogP contribution in [0.5, 0.6) is 5.75 Å². The molecule has 0 spiro atoms. The number of nitrogens with zero attached hydrogens (tertiary/aromatic N) is 3. The zero-order chi connectivity index (χ0) is 22.3. The molecule has 1 heterocycles. The maximum absolute atomic E-state index is 12.4. The van der Waals surface area contributed by atoms with E-state index in [2.05, 4.69) is 15.1 Å². The van der Waals surface area contributed by atoms with E-state index >= 15 is 0 Å². The predicted octanol–water partition coefficient (Wildman–Crippen LogP) is 4.99. The van der Waals surface area contributed by atoms with E-state index in [1.54, 1.807) is 13.3 Å². The molecule has 1 aromatic heterocycles. The predicted molar refractivity (Wildman–Crippen MR) is 130 cm³/mol. The summed E-state index contributed by atoms with van der Waals surface area (Å²) in [5.74, 6) is 0.639. The summed E-state index contributed by atoms with van der Waals surface area (Å²) in [5.41, 5.74) is 6.20. The molecular weight excluding hydrogens is 444 g/mol. The van der Waals surface area contributed by atoms with Crippen molar-refractivity contribution in [2.75, 3.05) is 12.9 Å². The first-order chi connectivity index (χ1) is 15.7. The highest BCUT2D eigenvalue weighted by atomic mass is 35.5. The van der Waals surface area contributed by atoms with Crippen LogP contribution < -0.4 is 10.2 Å². The second kappa shape index (κ2) is 10.3. The Bertz CT molecular complexity index is 1270. The van der Waals surface area contributed by atoms with E-state index in [4.69, 9.17) is 21.3 Å². The van der Waals surface area contributed by atoms with Crippen LogP contribution in [0.3, 0.4) is 0 Å². The summed E-state index contributed by atoms with van der Waals surface area (Å²) >= 11 is 7.73. The van der Waals surface area contributed by atoms with Gasteiger partial charge in [0, 0.05) is 10.6 Å². The van der Waals surface area contributed by atoms with Crippen LogP contribution >= 0.6 is 23.4 Å². The number of imidazole rings is 1. The second-order valence-corrected chi connectivity index (χ2v) is 8.23. The second-order valence-electron chi connectivity index (χ2n) is 6.88. The monoisotopic (exact) mass is 464 g/mol. The Balaban J connectivity index is 1.46. The van der Waals surface area contributed by atoms with Gasteiger partial charge in [0.1, 0.15) is 5.75 Å². The molecular formula is C24H21ClN4O2S. The molecule has 0 aliphatic heterocycles. The number of fused-ring (bicyclic) bond motifs is 1. The highest BCUT2D eigenvalue weighted by molar-refractivity contribution is 7.99. The standard InChI is InChI=1S/C24H21ClN4O2S/c1-31-22-13-7-3-8-17(22)14-26-28-23(30)16-32-24-27-20-11-5-6-12-21(20)29(24)15-18-9-2-4-10-19(18)25/h2-14H,15-16H2,1H3,(H,28,30)/b26-14-. The molecule has 0 saturated carbocycles. The SMILES string of the molecule is COc1ccccc1/C=N\NC(=O)CSc1nc2ccccc2n1Cc1ccccc1Cl. The van der Waals surface area contributed by atoms with Crippen molar-refractivity contribution in [3.8, 4) is 5.75 Å². The van der Waals surface area contributed by atoms with Crippen molar-refractivity contribution in [2.45, 2.75) is 11.7 Å². The molecule has 0 atom stereocenters. The van der Waals surface area contributed by atoms with Gasteiger partial charge in [-0.1, -0.05) is 65.8 Å². The normalized spacial score (nSPS) is 11.2. The zero-order valence-corrected chi connectivity index (χ0v) is 18.9. The molecule has 1 amide bonds. The third-order valence-electron chi connectivity index (χ3n) is 4.77. The Morgan fingerprint density at radius 1 is 1.12 bits per heavy atom. The number of carbonyl (C=O) groups excluding carboxylic acids is 1. The molecule has 4 aromatic rings. The number of amides is 1. The smallest absolute Gasteiger partial charge is 0.250 e. The number of hydrazone groups is 1. The van der Waals surface area contributed by atoms with Crippen LogP contribution in [0.15, 0.2) is 83.1 Å². The molecule has 0 radical (unpaired) electrons. The number of methoxy groups -OCH3 is 1. The number of ether oxygens (including phenoxy) is 1. The topological polar surface area (TPSA) is 68.5 Å². The number of para-hydroxylation sites is 3. The van der Waals surface area contributed by atoms with Gasteiger partial charge in [-0.15, -0.1) is 0 Å². The van der Waals surface area contributed by atoms with Gasteiger partial charge in [0.15, 0.2) is 5.16 Å². The number of carbonyl (C=O) groups is 1. The highest BCUT2D eigenvalue weighted by Gasteiger charge is 2.14. The van der Waals surface area contributed by atoms with Gasteiger partial charge in [-0.05, 0) is 35.9 Å². The van der Waals surface area contributed by atoms with Gasteiger partial charge < -0.3 is 9.30 Å². The molecule has 0 saturated heterocycles. The molecule has 4 rings (SSSR count). The lowest BCUT2D eigenvalue weighted by molar-refractivity contribution is -0.118. The van der Waals surface area contributed by atoms with Gasteiger partial charge >= 0.3 is 0 Å². The van der Waals surface area contributed by atoms with Crippen LogP contribution in [0, 0.1) is 0 Å². The van der Waals surface area contributed by atoms with Gasteiger partial charge in [0.05, 0.1) is 36.7 Å². The van der Waals surface area contributed by atoms with E-state index in [0.29, 0.717) is 17.3 Å². The minimum atomic E-state index is -0.225.